The van der Waals surface area contributed by atoms with E-state index in [0.717, 1.165) is 17.9 Å². The summed E-state index contributed by atoms with van der Waals surface area (Å²) in [5.74, 6) is 0. The van der Waals surface area contributed by atoms with Crippen molar-refractivity contribution >= 4 is 5.69 Å². The number of aromatic nitrogens is 2. The van der Waals surface area contributed by atoms with Gasteiger partial charge in [-0.2, -0.15) is 0 Å². The van der Waals surface area contributed by atoms with Crippen LogP contribution in [0.3, 0.4) is 0 Å². The second-order valence-corrected chi connectivity index (χ2v) is 4.58. The molecule has 0 aliphatic heterocycles. The van der Waals surface area contributed by atoms with Crippen molar-refractivity contribution in [1.82, 2.24) is 9.97 Å². The standard InChI is InChI=1S/C15H21N3/c1-2-3-4-5-13-6-8-14(9-7-13)17-11-15-10-16-12-18-15/h6-10,12,17H,2-5,11H2,1H3,(H,16,18). The molecule has 0 saturated heterocycles. The number of unbranched alkanes of at least 4 members (excludes halogenated alkanes) is 2. The monoisotopic (exact) mass is 243 g/mol. The van der Waals surface area contributed by atoms with Crippen LogP contribution in [-0.2, 0) is 13.0 Å². The molecule has 2 N–H and O–H groups in total. The maximum absolute atomic E-state index is 3.99. The van der Waals surface area contributed by atoms with E-state index in [1.54, 1.807) is 6.33 Å². The van der Waals surface area contributed by atoms with Crippen molar-refractivity contribution in [1.29, 1.82) is 0 Å². The predicted octanol–water partition coefficient (Wildman–Crippen LogP) is 3.75. The number of anilines is 1. The number of aryl methyl sites for hydroxylation is 1. The molecule has 0 amide bonds. The van der Waals surface area contributed by atoms with Crippen molar-refractivity contribution in [3.8, 4) is 0 Å². The maximum atomic E-state index is 3.99. The molecule has 0 aliphatic rings. The highest BCUT2D eigenvalue weighted by molar-refractivity contribution is 5.44. The van der Waals surface area contributed by atoms with Gasteiger partial charge in [-0.3, -0.25) is 0 Å². The van der Waals surface area contributed by atoms with Crippen molar-refractivity contribution in [2.45, 2.75) is 39.2 Å². The van der Waals surface area contributed by atoms with E-state index in [9.17, 15) is 0 Å². The molecule has 0 aliphatic carbocycles. The van der Waals surface area contributed by atoms with Crippen LogP contribution in [0, 0.1) is 0 Å². The van der Waals surface area contributed by atoms with Gasteiger partial charge in [0.2, 0.25) is 0 Å². The minimum atomic E-state index is 0.787. The van der Waals surface area contributed by atoms with Crippen LogP contribution in [0.5, 0.6) is 0 Å². The summed E-state index contributed by atoms with van der Waals surface area (Å²) in [6, 6.07) is 8.73. The van der Waals surface area contributed by atoms with E-state index < -0.39 is 0 Å². The Morgan fingerprint density at radius 2 is 2.00 bits per heavy atom. The molecule has 1 heterocycles. The summed E-state index contributed by atoms with van der Waals surface area (Å²) < 4.78 is 0. The third-order valence-corrected chi connectivity index (χ3v) is 3.06. The molecule has 0 saturated carbocycles. The molecule has 0 fully saturated rings. The first-order valence-corrected chi connectivity index (χ1v) is 6.68. The van der Waals surface area contributed by atoms with Crippen LogP contribution in [-0.4, -0.2) is 9.97 Å². The van der Waals surface area contributed by atoms with E-state index in [1.807, 2.05) is 6.20 Å². The molecule has 1 aromatic carbocycles. The summed E-state index contributed by atoms with van der Waals surface area (Å²) in [5, 5.41) is 3.37. The molecular weight excluding hydrogens is 222 g/mol. The molecule has 3 nitrogen and oxygen atoms in total. The number of rotatable bonds is 7. The fraction of sp³-hybridized carbons (Fsp3) is 0.400. The second-order valence-electron chi connectivity index (χ2n) is 4.58. The number of hydrogen-bond acceptors (Lipinski definition) is 2. The fourth-order valence-corrected chi connectivity index (χ4v) is 1.95. The van der Waals surface area contributed by atoms with Gasteiger partial charge in [0.05, 0.1) is 18.6 Å². The summed E-state index contributed by atoms with van der Waals surface area (Å²) in [7, 11) is 0. The average molecular weight is 243 g/mol. The number of nitrogens with zero attached hydrogens (tertiary/aromatic N) is 1. The van der Waals surface area contributed by atoms with Crippen LogP contribution in [0.1, 0.15) is 37.4 Å². The molecule has 2 rings (SSSR count). The number of benzene rings is 1. The zero-order valence-corrected chi connectivity index (χ0v) is 10.9. The third-order valence-electron chi connectivity index (χ3n) is 3.06. The fourth-order valence-electron chi connectivity index (χ4n) is 1.95. The van der Waals surface area contributed by atoms with Crippen LogP contribution in [0.25, 0.3) is 0 Å². The first-order chi connectivity index (χ1) is 8.88. The number of nitrogens with one attached hydrogen (secondary N) is 2. The van der Waals surface area contributed by atoms with E-state index in [2.05, 4.69) is 46.5 Å². The van der Waals surface area contributed by atoms with Gasteiger partial charge in [-0.25, -0.2) is 4.98 Å². The van der Waals surface area contributed by atoms with Gasteiger partial charge in [-0.05, 0) is 30.5 Å². The van der Waals surface area contributed by atoms with Gasteiger partial charge >= 0.3 is 0 Å². The molecule has 2 aromatic rings. The Hall–Kier alpha value is -1.77. The lowest BCUT2D eigenvalue weighted by molar-refractivity contribution is 0.717. The van der Waals surface area contributed by atoms with Gasteiger partial charge in [-0.15, -0.1) is 0 Å². The Labute approximate surface area is 109 Å². The summed E-state index contributed by atoms with van der Waals surface area (Å²) in [6.07, 6.45) is 8.62. The van der Waals surface area contributed by atoms with Crippen molar-refractivity contribution in [2.24, 2.45) is 0 Å². The number of imidazole rings is 1. The van der Waals surface area contributed by atoms with Crippen LogP contribution >= 0.6 is 0 Å². The highest BCUT2D eigenvalue weighted by atomic mass is 14.9. The molecule has 0 bridgehead atoms. The van der Waals surface area contributed by atoms with Crippen LogP contribution < -0.4 is 5.32 Å². The SMILES string of the molecule is CCCCCc1ccc(NCc2cnc[nH]2)cc1. The largest absolute Gasteiger partial charge is 0.379 e. The van der Waals surface area contributed by atoms with E-state index in [4.69, 9.17) is 0 Å². The lowest BCUT2D eigenvalue weighted by Gasteiger charge is -2.06. The van der Waals surface area contributed by atoms with E-state index in [1.165, 1.54) is 31.2 Å². The highest BCUT2D eigenvalue weighted by Crippen LogP contribution is 2.13. The zero-order chi connectivity index (χ0) is 12.6. The first-order valence-electron chi connectivity index (χ1n) is 6.68. The Kier molecular flexibility index (Phi) is 4.82. The third kappa shape index (κ3) is 3.91. The number of H-pyrrole nitrogens is 1. The van der Waals surface area contributed by atoms with E-state index >= 15 is 0 Å². The Balaban J connectivity index is 1.80. The smallest absolute Gasteiger partial charge is 0.0922 e. The van der Waals surface area contributed by atoms with Crippen molar-refractivity contribution in [3.63, 3.8) is 0 Å². The quantitative estimate of drug-likeness (QED) is 0.727. The van der Waals surface area contributed by atoms with Crippen molar-refractivity contribution in [3.05, 3.63) is 48.0 Å². The summed E-state index contributed by atoms with van der Waals surface area (Å²) in [4.78, 5) is 7.07. The van der Waals surface area contributed by atoms with Crippen LogP contribution in [0.2, 0.25) is 0 Å². The summed E-state index contributed by atoms with van der Waals surface area (Å²) >= 11 is 0. The topological polar surface area (TPSA) is 40.7 Å². The summed E-state index contributed by atoms with van der Waals surface area (Å²) in [5.41, 5.74) is 3.68. The normalized spacial score (nSPS) is 10.5. The Bertz CT molecular complexity index is 431. The summed E-state index contributed by atoms with van der Waals surface area (Å²) in [6.45, 7) is 3.03. The molecule has 0 atom stereocenters. The lowest BCUT2D eigenvalue weighted by atomic mass is 10.1. The van der Waals surface area contributed by atoms with Crippen LogP contribution in [0.15, 0.2) is 36.8 Å². The van der Waals surface area contributed by atoms with Crippen molar-refractivity contribution in [2.75, 3.05) is 5.32 Å². The Morgan fingerprint density at radius 1 is 1.17 bits per heavy atom. The first kappa shape index (κ1) is 12.7. The molecular formula is C15H21N3. The molecule has 96 valence electrons. The minimum Gasteiger partial charge on any atom is -0.379 e. The van der Waals surface area contributed by atoms with Crippen molar-refractivity contribution < 1.29 is 0 Å². The minimum absolute atomic E-state index is 0.787. The Morgan fingerprint density at radius 3 is 2.67 bits per heavy atom. The molecule has 3 heteroatoms. The molecule has 0 unspecified atom stereocenters. The van der Waals surface area contributed by atoms with Gasteiger partial charge in [0.15, 0.2) is 0 Å². The van der Waals surface area contributed by atoms with Gasteiger partial charge in [-0.1, -0.05) is 31.9 Å². The number of aromatic amines is 1. The van der Waals surface area contributed by atoms with Gasteiger partial charge < -0.3 is 10.3 Å². The predicted molar refractivity (Wildman–Crippen MR) is 75.6 cm³/mol. The molecule has 0 spiro atoms. The van der Waals surface area contributed by atoms with Crippen LogP contribution in [0.4, 0.5) is 5.69 Å². The second kappa shape index (κ2) is 6.84. The molecule has 1 aromatic heterocycles. The highest BCUT2D eigenvalue weighted by Gasteiger charge is 1.96. The lowest BCUT2D eigenvalue weighted by Crippen LogP contribution is -1.99. The molecule has 18 heavy (non-hydrogen) atoms. The van der Waals surface area contributed by atoms with Gasteiger partial charge in [0.25, 0.3) is 0 Å². The average Bonchev–Trinajstić information content (AvgIpc) is 2.91. The molecule has 0 radical (unpaired) electrons. The van der Waals surface area contributed by atoms with Gasteiger partial charge in [0.1, 0.15) is 0 Å². The van der Waals surface area contributed by atoms with Gasteiger partial charge in [0, 0.05) is 11.9 Å². The number of hydrogen-bond donors (Lipinski definition) is 2. The van der Waals surface area contributed by atoms with E-state index in [0.29, 0.717) is 0 Å². The van der Waals surface area contributed by atoms with E-state index in [-0.39, 0.29) is 0 Å². The zero-order valence-electron chi connectivity index (χ0n) is 10.9. The maximum Gasteiger partial charge on any atom is 0.0922 e.